The van der Waals surface area contributed by atoms with Crippen LogP contribution in [0.3, 0.4) is 0 Å². The zero-order chi connectivity index (χ0) is 12.7. The summed E-state index contributed by atoms with van der Waals surface area (Å²) in [6, 6.07) is 0. The van der Waals surface area contributed by atoms with Gasteiger partial charge in [0.15, 0.2) is 0 Å². The summed E-state index contributed by atoms with van der Waals surface area (Å²) in [6.07, 6.45) is 4.99. The lowest BCUT2D eigenvalue weighted by molar-refractivity contribution is 0.209. The lowest BCUT2D eigenvalue weighted by Crippen LogP contribution is -2.21. The van der Waals surface area contributed by atoms with Crippen LogP contribution in [0.4, 0.5) is 0 Å². The summed E-state index contributed by atoms with van der Waals surface area (Å²) in [5.74, 6) is 3.34. The van der Waals surface area contributed by atoms with Gasteiger partial charge in [-0.2, -0.15) is 0 Å². The molecule has 0 spiro atoms. The van der Waals surface area contributed by atoms with E-state index in [2.05, 4.69) is 55.4 Å². The fourth-order valence-corrected chi connectivity index (χ4v) is 2.15. The standard InChI is InChI=1S/C14H30B2/c1-7-10(2)12(4)13(5)11(3)8-9-14(15)16-6/h9-13,16H,7-8,15H2,1-6H3/b14-9+. The number of hydrogen-bond acceptors (Lipinski definition) is 0. The Morgan fingerprint density at radius 2 is 1.62 bits per heavy atom. The largest absolute Gasteiger partial charge is 0.146 e. The zero-order valence-electron chi connectivity index (χ0n) is 12.5. The van der Waals surface area contributed by atoms with Gasteiger partial charge in [-0.1, -0.05) is 47.9 Å². The maximum absolute atomic E-state index is 2.44. The number of rotatable bonds is 7. The molecule has 0 saturated heterocycles. The topological polar surface area (TPSA) is 0 Å². The van der Waals surface area contributed by atoms with Gasteiger partial charge in [-0.05, 0) is 30.1 Å². The highest BCUT2D eigenvalue weighted by Gasteiger charge is 2.22. The highest BCUT2D eigenvalue weighted by Crippen LogP contribution is 2.30. The molecule has 0 heterocycles. The third kappa shape index (κ3) is 5.27. The SMILES string of the molecule is B/C(BC)=C\CC(C)C(C)C(C)C(C)CC. The molecule has 4 atom stereocenters. The minimum absolute atomic E-state index is 0.811. The Bertz CT molecular complexity index is 211. The third-order valence-electron chi connectivity index (χ3n) is 4.66. The van der Waals surface area contributed by atoms with Gasteiger partial charge in [0.25, 0.3) is 0 Å². The van der Waals surface area contributed by atoms with Crippen LogP contribution < -0.4 is 0 Å². The molecule has 92 valence electrons. The maximum Gasteiger partial charge on any atom is 0.137 e. The molecule has 0 nitrogen and oxygen atoms in total. The number of hydrogen-bond donors (Lipinski definition) is 0. The molecule has 0 aliphatic carbocycles. The minimum Gasteiger partial charge on any atom is -0.146 e. The lowest BCUT2D eigenvalue weighted by Gasteiger charge is -2.29. The van der Waals surface area contributed by atoms with Gasteiger partial charge in [0.05, 0.1) is 0 Å². The molecule has 2 heteroatoms. The van der Waals surface area contributed by atoms with E-state index in [4.69, 9.17) is 0 Å². The van der Waals surface area contributed by atoms with Crippen LogP contribution in [0.1, 0.15) is 47.5 Å². The van der Waals surface area contributed by atoms with Crippen molar-refractivity contribution < 1.29 is 0 Å². The summed E-state index contributed by atoms with van der Waals surface area (Å²) in [4.78, 5) is 0. The van der Waals surface area contributed by atoms with Crippen molar-refractivity contribution in [2.24, 2.45) is 23.7 Å². The van der Waals surface area contributed by atoms with Gasteiger partial charge in [0.1, 0.15) is 15.1 Å². The van der Waals surface area contributed by atoms with Crippen molar-refractivity contribution >= 4 is 15.1 Å². The molecule has 0 aromatic rings. The predicted molar refractivity (Wildman–Crippen MR) is 81.2 cm³/mol. The van der Waals surface area contributed by atoms with Gasteiger partial charge in [-0.3, -0.25) is 0 Å². The van der Waals surface area contributed by atoms with Gasteiger partial charge in [0, 0.05) is 0 Å². The predicted octanol–water partition coefficient (Wildman–Crippen LogP) is 3.29. The van der Waals surface area contributed by atoms with Crippen LogP contribution in [0.2, 0.25) is 6.82 Å². The summed E-state index contributed by atoms with van der Waals surface area (Å²) in [7, 11) is 3.44. The van der Waals surface area contributed by atoms with Crippen molar-refractivity contribution in [3.63, 3.8) is 0 Å². The molecule has 0 rings (SSSR count). The zero-order valence-corrected chi connectivity index (χ0v) is 12.5. The molecule has 0 N–H and O–H groups in total. The van der Waals surface area contributed by atoms with E-state index in [1.54, 1.807) is 0 Å². The summed E-state index contributed by atoms with van der Waals surface area (Å²) in [5.41, 5.74) is 0. The summed E-state index contributed by atoms with van der Waals surface area (Å²) >= 11 is 0. The van der Waals surface area contributed by atoms with E-state index in [-0.39, 0.29) is 0 Å². The van der Waals surface area contributed by atoms with E-state index in [0.717, 1.165) is 23.7 Å². The van der Waals surface area contributed by atoms with Gasteiger partial charge in [-0.15, -0.1) is 11.4 Å². The first kappa shape index (κ1) is 15.9. The Morgan fingerprint density at radius 1 is 1.12 bits per heavy atom. The Kier molecular flexibility index (Phi) is 7.97. The molecular formula is C14H30B2. The fraction of sp³-hybridized carbons (Fsp3) is 0.857. The van der Waals surface area contributed by atoms with E-state index in [0.29, 0.717) is 0 Å². The Hall–Kier alpha value is -0.130. The molecule has 0 amide bonds. The second kappa shape index (κ2) is 8.03. The molecular weight excluding hydrogens is 190 g/mol. The first-order valence-electron chi connectivity index (χ1n) is 7.09. The second-order valence-corrected chi connectivity index (χ2v) is 5.72. The first-order chi connectivity index (χ1) is 7.43. The van der Waals surface area contributed by atoms with E-state index >= 15 is 0 Å². The smallest absolute Gasteiger partial charge is 0.137 e. The molecule has 0 aromatic carbocycles. The maximum atomic E-state index is 2.44. The average molecular weight is 220 g/mol. The normalized spacial score (nSPS) is 20.0. The fourth-order valence-electron chi connectivity index (χ4n) is 2.15. The quantitative estimate of drug-likeness (QED) is 0.577. The first-order valence-corrected chi connectivity index (χ1v) is 7.09. The van der Waals surface area contributed by atoms with Crippen molar-refractivity contribution in [2.75, 3.05) is 0 Å². The summed E-state index contributed by atoms with van der Waals surface area (Å²) in [5, 5.41) is 1.54. The number of allylic oxidation sites excluding steroid dienone is 1. The van der Waals surface area contributed by atoms with Crippen LogP contribution in [-0.2, 0) is 0 Å². The van der Waals surface area contributed by atoms with Gasteiger partial charge < -0.3 is 0 Å². The van der Waals surface area contributed by atoms with E-state index in [1.807, 2.05) is 0 Å². The van der Waals surface area contributed by atoms with Crippen molar-refractivity contribution in [3.05, 3.63) is 11.4 Å². The van der Waals surface area contributed by atoms with Crippen LogP contribution in [0.15, 0.2) is 11.4 Å². The molecule has 4 unspecified atom stereocenters. The van der Waals surface area contributed by atoms with Crippen molar-refractivity contribution in [2.45, 2.75) is 54.3 Å². The minimum atomic E-state index is 0.811. The highest BCUT2D eigenvalue weighted by atomic mass is 14.3. The van der Waals surface area contributed by atoms with E-state index in [1.165, 1.54) is 25.5 Å². The molecule has 16 heavy (non-hydrogen) atoms. The molecule has 0 fully saturated rings. The Morgan fingerprint density at radius 3 is 2.06 bits per heavy atom. The van der Waals surface area contributed by atoms with Crippen LogP contribution in [0.5, 0.6) is 0 Å². The van der Waals surface area contributed by atoms with Crippen molar-refractivity contribution in [1.82, 2.24) is 0 Å². The van der Waals surface area contributed by atoms with E-state index in [9.17, 15) is 0 Å². The van der Waals surface area contributed by atoms with Gasteiger partial charge >= 0.3 is 0 Å². The Balaban J connectivity index is 4.22. The molecule has 0 radical (unpaired) electrons. The highest BCUT2D eigenvalue weighted by molar-refractivity contribution is 6.60. The van der Waals surface area contributed by atoms with Crippen LogP contribution >= 0.6 is 0 Å². The van der Waals surface area contributed by atoms with E-state index < -0.39 is 0 Å². The summed E-state index contributed by atoms with van der Waals surface area (Å²) < 4.78 is 0. The lowest BCUT2D eigenvalue weighted by atomic mass is 9.61. The van der Waals surface area contributed by atoms with Crippen LogP contribution in [0.25, 0.3) is 0 Å². The third-order valence-corrected chi connectivity index (χ3v) is 4.66. The second-order valence-electron chi connectivity index (χ2n) is 5.72. The molecule has 0 aromatic heterocycles. The van der Waals surface area contributed by atoms with Gasteiger partial charge in [-0.25, -0.2) is 0 Å². The Labute approximate surface area is 105 Å². The van der Waals surface area contributed by atoms with Crippen molar-refractivity contribution in [3.8, 4) is 0 Å². The van der Waals surface area contributed by atoms with Gasteiger partial charge in [0.2, 0.25) is 0 Å². The molecule has 0 bridgehead atoms. The van der Waals surface area contributed by atoms with Crippen LogP contribution in [-0.4, -0.2) is 15.1 Å². The van der Waals surface area contributed by atoms with Crippen molar-refractivity contribution in [1.29, 1.82) is 0 Å². The summed E-state index contributed by atoms with van der Waals surface area (Å²) in [6.45, 7) is 14.2. The molecule has 0 aliphatic heterocycles. The molecule has 0 saturated carbocycles. The monoisotopic (exact) mass is 220 g/mol. The van der Waals surface area contributed by atoms with Crippen LogP contribution in [0, 0.1) is 23.7 Å². The molecule has 0 aliphatic rings. The average Bonchev–Trinajstić information content (AvgIpc) is 2.32.